The predicted octanol–water partition coefficient (Wildman–Crippen LogP) is 2.37. The molecule has 5 rings (SSSR count). The van der Waals surface area contributed by atoms with Crippen LogP contribution in [0.15, 0.2) is 41.1 Å². The zero-order valence-corrected chi connectivity index (χ0v) is 26.1. The molecule has 232 valence electrons. The molecule has 4 heterocycles. The van der Waals surface area contributed by atoms with Crippen LogP contribution in [-0.2, 0) is 20.8 Å². The van der Waals surface area contributed by atoms with Gasteiger partial charge in [-0.15, -0.1) is 22.7 Å². The van der Waals surface area contributed by atoms with Gasteiger partial charge in [-0.1, -0.05) is 44.2 Å². The highest BCUT2D eigenvalue weighted by Crippen LogP contribution is 2.27. The highest BCUT2D eigenvalue weighted by molar-refractivity contribution is 7.10. The van der Waals surface area contributed by atoms with Gasteiger partial charge in [-0.2, -0.15) is 0 Å². The third-order valence-electron chi connectivity index (χ3n) is 7.47. The molecule has 0 unspecified atom stereocenters. The molecule has 0 radical (unpaired) electrons. The number of carbonyl (C=O) groups is 5. The number of hydrogen-bond donors (Lipinski definition) is 4. The van der Waals surface area contributed by atoms with Gasteiger partial charge < -0.3 is 26.2 Å². The lowest BCUT2D eigenvalue weighted by atomic mass is 10.0. The predicted molar refractivity (Wildman–Crippen MR) is 165 cm³/mol. The molecular formula is C30H35N7O5S2. The Morgan fingerprint density at radius 3 is 2.34 bits per heavy atom. The smallest absolute Gasteiger partial charge is 0.271 e. The summed E-state index contributed by atoms with van der Waals surface area (Å²) in [6.07, 6.45) is 1.42. The van der Waals surface area contributed by atoms with Crippen LogP contribution < -0.4 is 21.3 Å². The fourth-order valence-corrected chi connectivity index (χ4v) is 7.00. The Morgan fingerprint density at radius 1 is 0.932 bits per heavy atom. The Labute approximate surface area is 263 Å². The molecule has 1 aromatic carbocycles. The Kier molecular flexibility index (Phi) is 10.0. The summed E-state index contributed by atoms with van der Waals surface area (Å²) in [5.74, 6) is -1.71. The molecule has 44 heavy (non-hydrogen) atoms. The molecule has 4 N–H and O–H groups in total. The van der Waals surface area contributed by atoms with E-state index in [9.17, 15) is 24.0 Å². The van der Waals surface area contributed by atoms with E-state index in [2.05, 4.69) is 31.2 Å². The summed E-state index contributed by atoms with van der Waals surface area (Å²) >= 11 is 2.57. The van der Waals surface area contributed by atoms with Crippen molar-refractivity contribution < 1.29 is 24.0 Å². The molecule has 0 saturated carbocycles. The van der Waals surface area contributed by atoms with Crippen molar-refractivity contribution in [2.45, 2.75) is 57.7 Å². The number of fused-ring (bicyclic) bond motifs is 4. The van der Waals surface area contributed by atoms with Gasteiger partial charge in [0.1, 0.15) is 27.4 Å². The van der Waals surface area contributed by atoms with Crippen LogP contribution in [-0.4, -0.2) is 70.1 Å². The van der Waals surface area contributed by atoms with Crippen molar-refractivity contribution in [3.8, 4) is 0 Å². The summed E-state index contributed by atoms with van der Waals surface area (Å²) in [7, 11) is 0. The first-order chi connectivity index (χ1) is 21.2. The van der Waals surface area contributed by atoms with Gasteiger partial charge in [0.15, 0.2) is 0 Å². The van der Waals surface area contributed by atoms with Crippen LogP contribution in [0.3, 0.4) is 0 Å². The van der Waals surface area contributed by atoms with Gasteiger partial charge in [0.05, 0.1) is 18.6 Å². The lowest BCUT2D eigenvalue weighted by Crippen LogP contribution is -2.49. The van der Waals surface area contributed by atoms with E-state index in [4.69, 9.17) is 0 Å². The molecule has 14 heteroatoms. The second-order valence-corrected chi connectivity index (χ2v) is 13.0. The Balaban J connectivity index is 1.45. The normalized spacial score (nSPS) is 21.9. The number of thiazole rings is 2. The second kappa shape index (κ2) is 14.1. The Morgan fingerprint density at radius 2 is 1.64 bits per heavy atom. The fourth-order valence-electron chi connectivity index (χ4n) is 5.13. The summed E-state index contributed by atoms with van der Waals surface area (Å²) in [6, 6.07) is 7.94. The van der Waals surface area contributed by atoms with E-state index in [0.717, 1.165) is 5.56 Å². The SMILES string of the molecule is CC(C)[C@@H]1NC(=O)c2csc(n2)[C@H](Cc2ccccc2)NC(=O)CN(C(=O)[C@H]2CCC(=O)N2)CCCNC(=O)c2csc1n2. The second-order valence-electron chi connectivity index (χ2n) is 11.2. The first-order valence-electron chi connectivity index (χ1n) is 14.6. The number of amides is 5. The van der Waals surface area contributed by atoms with Crippen molar-refractivity contribution in [1.29, 1.82) is 0 Å². The van der Waals surface area contributed by atoms with E-state index in [0.29, 0.717) is 29.3 Å². The number of nitrogens with one attached hydrogen (secondary N) is 4. The van der Waals surface area contributed by atoms with Crippen LogP contribution in [0.5, 0.6) is 0 Å². The van der Waals surface area contributed by atoms with Crippen LogP contribution >= 0.6 is 22.7 Å². The first kappa shape index (κ1) is 31.3. The molecule has 2 aromatic heterocycles. The minimum absolute atomic E-state index is 0.00786. The van der Waals surface area contributed by atoms with Gasteiger partial charge in [0, 0.05) is 30.3 Å². The molecule has 12 nitrogen and oxygen atoms in total. The highest BCUT2D eigenvalue weighted by Gasteiger charge is 2.32. The minimum Gasteiger partial charge on any atom is -0.351 e. The molecule has 0 aliphatic carbocycles. The topological polar surface area (TPSA) is 162 Å². The van der Waals surface area contributed by atoms with Crippen LogP contribution in [0, 0.1) is 5.92 Å². The van der Waals surface area contributed by atoms with Crippen LogP contribution in [0.1, 0.15) is 81.7 Å². The number of benzene rings is 1. The monoisotopic (exact) mass is 637 g/mol. The van der Waals surface area contributed by atoms with Crippen molar-refractivity contribution in [1.82, 2.24) is 36.1 Å². The van der Waals surface area contributed by atoms with Crippen molar-refractivity contribution in [3.05, 3.63) is 68.1 Å². The van der Waals surface area contributed by atoms with E-state index in [1.165, 1.54) is 27.6 Å². The molecule has 3 atom stereocenters. The lowest BCUT2D eigenvalue weighted by molar-refractivity contribution is -0.138. The van der Waals surface area contributed by atoms with Gasteiger partial charge in [-0.3, -0.25) is 24.0 Å². The van der Waals surface area contributed by atoms with Crippen molar-refractivity contribution in [2.75, 3.05) is 19.6 Å². The minimum atomic E-state index is -0.700. The third kappa shape index (κ3) is 7.66. The molecular weight excluding hydrogens is 603 g/mol. The molecule has 4 bridgehead atoms. The summed E-state index contributed by atoms with van der Waals surface area (Å²) < 4.78 is 0. The number of rotatable bonds is 4. The van der Waals surface area contributed by atoms with Gasteiger partial charge >= 0.3 is 0 Å². The highest BCUT2D eigenvalue weighted by atomic mass is 32.1. The largest absolute Gasteiger partial charge is 0.351 e. The van der Waals surface area contributed by atoms with Crippen LogP contribution in [0.25, 0.3) is 0 Å². The number of aromatic nitrogens is 2. The van der Waals surface area contributed by atoms with E-state index in [1.54, 1.807) is 10.8 Å². The van der Waals surface area contributed by atoms with E-state index in [-0.39, 0.29) is 67.0 Å². The quantitative estimate of drug-likeness (QED) is 0.341. The number of carbonyl (C=O) groups excluding carboxylic acids is 5. The maximum atomic E-state index is 13.5. The lowest BCUT2D eigenvalue weighted by Gasteiger charge is -2.26. The molecule has 0 spiro atoms. The Hall–Kier alpha value is -4.17. The Bertz CT molecular complexity index is 1520. The summed E-state index contributed by atoms with van der Waals surface area (Å²) in [5.41, 5.74) is 1.42. The summed E-state index contributed by atoms with van der Waals surface area (Å²) in [4.78, 5) is 75.4. The van der Waals surface area contributed by atoms with Crippen molar-refractivity contribution >= 4 is 52.2 Å². The van der Waals surface area contributed by atoms with Crippen LogP contribution in [0.2, 0.25) is 0 Å². The average Bonchev–Trinajstić information content (AvgIpc) is 3.78. The maximum Gasteiger partial charge on any atom is 0.271 e. The first-order valence-corrected chi connectivity index (χ1v) is 16.3. The molecule has 1 fully saturated rings. The summed E-state index contributed by atoms with van der Waals surface area (Å²) in [6.45, 7) is 4.12. The summed E-state index contributed by atoms with van der Waals surface area (Å²) in [5, 5.41) is 16.0. The molecule has 2 aliphatic heterocycles. The van der Waals surface area contributed by atoms with Crippen LogP contribution in [0.4, 0.5) is 0 Å². The molecule has 5 amide bonds. The van der Waals surface area contributed by atoms with E-state index >= 15 is 0 Å². The molecule has 3 aromatic rings. The van der Waals surface area contributed by atoms with E-state index < -0.39 is 24.0 Å². The standard InChI is InChI=1S/C30H35N7O5S2/c1-17(2)25-29-35-21(15-44-29)26(40)31-11-6-12-37(30(42)19-9-10-23(38)32-19)14-24(39)33-20(13-18-7-4-3-5-8-18)28-34-22(16-43-28)27(41)36-25/h3-5,7-8,15-17,19-20,25H,6,9-14H2,1-2H3,(H,31,40)(H,32,38)(H,33,39)(H,36,41)/t19-,20+,25+/m1/s1. The van der Waals surface area contributed by atoms with Gasteiger partial charge in [-0.05, 0) is 30.7 Å². The molecule has 1 saturated heterocycles. The number of hydrogen-bond acceptors (Lipinski definition) is 9. The third-order valence-corrected chi connectivity index (χ3v) is 9.36. The van der Waals surface area contributed by atoms with Crippen molar-refractivity contribution in [3.63, 3.8) is 0 Å². The average molecular weight is 638 g/mol. The van der Waals surface area contributed by atoms with Gasteiger partial charge in [-0.25, -0.2) is 9.97 Å². The van der Waals surface area contributed by atoms with Gasteiger partial charge in [0.2, 0.25) is 17.7 Å². The van der Waals surface area contributed by atoms with Crippen molar-refractivity contribution in [2.24, 2.45) is 5.92 Å². The van der Waals surface area contributed by atoms with Gasteiger partial charge in [0.25, 0.3) is 11.8 Å². The maximum absolute atomic E-state index is 13.5. The van der Waals surface area contributed by atoms with E-state index in [1.807, 2.05) is 44.2 Å². The zero-order chi connectivity index (χ0) is 31.2. The molecule has 2 aliphatic rings. The fraction of sp³-hybridized carbons (Fsp3) is 0.433. The zero-order valence-electron chi connectivity index (χ0n) is 24.5. The number of nitrogens with zero attached hydrogens (tertiary/aromatic N) is 3.